The molecule has 7 heteroatoms. The summed E-state index contributed by atoms with van der Waals surface area (Å²) in [5, 5.41) is 20.2. The molecule has 1 aromatic rings. The number of benzene rings is 1. The Balaban J connectivity index is 2.37. The van der Waals surface area contributed by atoms with Crippen molar-refractivity contribution in [3.8, 4) is 0 Å². The van der Waals surface area contributed by atoms with Crippen molar-refractivity contribution in [2.24, 2.45) is 0 Å². The van der Waals surface area contributed by atoms with Crippen molar-refractivity contribution in [3.05, 3.63) is 45.5 Å². The maximum atomic E-state index is 13.6. The quantitative estimate of drug-likeness (QED) is 0.649. The first-order valence-electron chi connectivity index (χ1n) is 5.41. The second-order valence-corrected chi connectivity index (χ2v) is 4.11. The molecule has 0 spiro atoms. The molecule has 1 aromatic carbocycles. The minimum absolute atomic E-state index is 0.0504. The van der Waals surface area contributed by atoms with Gasteiger partial charge in [0.15, 0.2) is 12.4 Å². The molecule has 2 rings (SSSR count). The Kier molecular flexibility index (Phi) is 3.53. The molecule has 5 nitrogen and oxygen atoms in total. The Hall–Kier alpha value is -1.60. The van der Waals surface area contributed by atoms with Crippen LogP contribution < -0.4 is 0 Å². The molecule has 0 bridgehead atoms. The summed E-state index contributed by atoms with van der Waals surface area (Å²) < 4.78 is 31.6. The minimum Gasteiger partial charge on any atom is -0.368 e. The van der Waals surface area contributed by atoms with Crippen molar-refractivity contribution in [1.29, 1.82) is 0 Å². The predicted octanol–water partition coefficient (Wildman–Crippen LogP) is 1.78. The van der Waals surface area contributed by atoms with Crippen LogP contribution in [0.15, 0.2) is 18.2 Å². The molecular formula is C11H11F2NO4. The second kappa shape index (κ2) is 4.95. The summed E-state index contributed by atoms with van der Waals surface area (Å²) in [4.78, 5) is 10.3. The van der Waals surface area contributed by atoms with Gasteiger partial charge >= 0.3 is 0 Å². The van der Waals surface area contributed by atoms with E-state index in [1.807, 2.05) is 0 Å². The number of halogens is 2. The van der Waals surface area contributed by atoms with Crippen molar-refractivity contribution in [2.75, 3.05) is 0 Å². The number of nitro groups is 1. The van der Waals surface area contributed by atoms with Crippen LogP contribution in [0.4, 0.5) is 8.78 Å². The SMILES string of the molecule is O=[N+]([O-])C1CCC(O)O[C@@H]1c1cc(F)ccc1F. The summed E-state index contributed by atoms with van der Waals surface area (Å²) in [5.41, 5.74) is -0.240. The van der Waals surface area contributed by atoms with Gasteiger partial charge in [-0.1, -0.05) is 0 Å². The van der Waals surface area contributed by atoms with E-state index in [-0.39, 0.29) is 18.4 Å². The lowest BCUT2D eigenvalue weighted by Gasteiger charge is -2.29. The third-order valence-corrected chi connectivity index (χ3v) is 2.90. The van der Waals surface area contributed by atoms with Crippen LogP contribution in [0.25, 0.3) is 0 Å². The number of nitrogens with zero attached hydrogens (tertiary/aromatic N) is 1. The molecule has 0 aliphatic carbocycles. The Labute approximate surface area is 101 Å². The molecule has 0 saturated carbocycles. The number of hydrogen-bond acceptors (Lipinski definition) is 4. The summed E-state index contributed by atoms with van der Waals surface area (Å²) in [6.07, 6.45) is -2.33. The topological polar surface area (TPSA) is 72.6 Å². The average molecular weight is 259 g/mol. The first-order valence-corrected chi connectivity index (χ1v) is 5.41. The molecular weight excluding hydrogens is 248 g/mol. The maximum absolute atomic E-state index is 13.6. The smallest absolute Gasteiger partial charge is 0.243 e. The van der Waals surface area contributed by atoms with E-state index in [0.29, 0.717) is 0 Å². The van der Waals surface area contributed by atoms with Crippen LogP contribution in [0.2, 0.25) is 0 Å². The number of hydrogen-bond donors (Lipinski definition) is 1. The van der Waals surface area contributed by atoms with Crippen LogP contribution in [0, 0.1) is 21.7 Å². The van der Waals surface area contributed by atoms with Crippen LogP contribution in [0.1, 0.15) is 24.5 Å². The van der Waals surface area contributed by atoms with Crippen molar-refractivity contribution in [3.63, 3.8) is 0 Å². The number of rotatable bonds is 2. The first kappa shape index (κ1) is 12.8. The van der Waals surface area contributed by atoms with Gasteiger partial charge in [0.25, 0.3) is 0 Å². The molecule has 1 aliphatic heterocycles. The molecule has 1 saturated heterocycles. The Morgan fingerprint density at radius 2 is 2.11 bits per heavy atom. The first-order chi connectivity index (χ1) is 8.49. The van der Waals surface area contributed by atoms with Crippen molar-refractivity contribution >= 4 is 0 Å². The predicted molar refractivity (Wildman–Crippen MR) is 56.2 cm³/mol. The fraction of sp³-hybridized carbons (Fsp3) is 0.455. The fourth-order valence-electron chi connectivity index (χ4n) is 2.02. The normalized spacial score (nSPS) is 28.1. The van der Waals surface area contributed by atoms with Crippen LogP contribution in [-0.2, 0) is 4.74 Å². The van der Waals surface area contributed by atoms with Gasteiger partial charge in [0.2, 0.25) is 6.04 Å². The monoisotopic (exact) mass is 259 g/mol. The van der Waals surface area contributed by atoms with E-state index in [1.54, 1.807) is 0 Å². The van der Waals surface area contributed by atoms with Crippen molar-refractivity contribution in [1.82, 2.24) is 0 Å². The van der Waals surface area contributed by atoms with E-state index < -0.39 is 35.0 Å². The molecule has 0 amide bonds. The highest BCUT2D eigenvalue weighted by Gasteiger charge is 2.41. The molecule has 1 fully saturated rings. The number of ether oxygens (including phenoxy) is 1. The van der Waals surface area contributed by atoms with E-state index in [0.717, 1.165) is 18.2 Å². The second-order valence-electron chi connectivity index (χ2n) is 4.11. The molecule has 1 heterocycles. The Morgan fingerprint density at radius 3 is 2.78 bits per heavy atom. The van der Waals surface area contributed by atoms with Gasteiger partial charge in [0.05, 0.1) is 0 Å². The Morgan fingerprint density at radius 1 is 1.39 bits per heavy atom. The van der Waals surface area contributed by atoms with Crippen LogP contribution in [0.5, 0.6) is 0 Å². The molecule has 2 unspecified atom stereocenters. The van der Waals surface area contributed by atoms with E-state index in [4.69, 9.17) is 4.74 Å². The van der Waals surface area contributed by atoms with Gasteiger partial charge in [-0.05, 0) is 18.2 Å². The van der Waals surface area contributed by atoms with Gasteiger partial charge in [0, 0.05) is 23.3 Å². The lowest BCUT2D eigenvalue weighted by molar-refractivity contribution is -0.547. The average Bonchev–Trinajstić information content (AvgIpc) is 2.31. The third-order valence-electron chi connectivity index (χ3n) is 2.90. The van der Waals surface area contributed by atoms with Gasteiger partial charge in [0.1, 0.15) is 11.6 Å². The standard InChI is InChI=1S/C11H11F2NO4/c12-6-1-2-8(13)7(5-6)11-9(14(16)17)3-4-10(15)18-11/h1-2,5,9-11,15H,3-4H2/t9?,10?,11-/m1/s1. The largest absolute Gasteiger partial charge is 0.368 e. The van der Waals surface area contributed by atoms with Crippen LogP contribution in [0.3, 0.4) is 0 Å². The molecule has 0 aromatic heterocycles. The molecule has 3 atom stereocenters. The lowest BCUT2D eigenvalue weighted by Crippen LogP contribution is -2.38. The third kappa shape index (κ3) is 2.46. The van der Waals surface area contributed by atoms with Gasteiger partial charge in [-0.3, -0.25) is 10.1 Å². The van der Waals surface area contributed by atoms with Crippen LogP contribution in [-0.4, -0.2) is 22.4 Å². The maximum Gasteiger partial charge on any atom is 0.243 e. The van der Waals surface area contributed by atoms with Crippen molar-refractivity contribution in [2.45, 2.75) is 31.3 Å². The van der Waals surface area contributed by atoms with Gasteiger partial charge in [-0.25, -0.2) is 8.78 Å². The molecule has 1 aliphatic rings. The zero-order valence-electron chi connectivity index (χ0n) is 9.25. The van der Waals surface area contributed by atoms with E-state index >= 15 is 0 Å². The number of aliphatic hydroxyl groups is 1. The molecule has 0 radical (unpaired) electrons. The number of aliphatic hydroxyl groups excluding tert-OH is 1. The van der Waals surface area contributed by atoms with Gasteiger partial charge in [-0.15, -0.1) is 0 Å². The Bertz CT molecular complexity index is 468. The minimum atomic E-state index is -1.28. The van der Waals surface area contributed by atoms with Gasteiger partial charge < -0.3 is 9.84 Å². The fourth-order valence-corrected chi connectivity index (χ4v) is 2.02. The highest BCUT2D eigenvalue weighted by molar-refractivity contribution is 5.22. The van der Waals surface area contributed by atoms with E-state index in [1.165, 1.54) is 0 Å². The zero-order valence-corrected chi connectivity index (χ0v) is 9.25. The summed E-state index contributed by atoms with van der Waals surface area (Å²) in [5.74, 6) is -1.50. The van der Waals surface area contributed by atoms with E-state index in [2.05, 4.69) is 0 Å². The van der Waals surface area contributed by atoms with E-state index in [9.17, 15) is 24.0 Å². The highest BCUT2D eigenvalue weighted by Crippen LogP contribution is 2.34. The lowest BCUT2D eigenvalue weighted by atomic mass is 9.95. The van der Waals surface area contributed by atoms with Crippen molar-refractivity contribution < 1.29 is 23.5 Å². The molecule has 18 heavy (non-hydrogen) atoms. The van der Waals surface area contributed by atoms with Gasteiger partial charge in [-0.2, -0.15) is 0 Å². The summed E-state index contributed by atoms with van der Waals surface area (Å²) >= 11 is 0. The highest BCUT2D eigenvalue weighted by atomic mass is 19.1. The molecule has 1 N–H and O–H groups in total. The zero-order chi connectivity index (χ0) is 13.3. The molecule has 98 valence electrons. The summed E-state index contributed by atoms with van der Waals surface area (Å²) in [6.45, 7) is 0. The van der Waals surface area contributed by atoms with Crippen LogP contribution >= 0.6 is 0 Å². The summed E-state index contributed by atoms with van der Waals surface area (Å²) in [6, 6.07) is 1.46. The summed E-state index contributed by atoms with van der Waals surface area (Å²) in [7, 11) is 0.